The molecule has 0 aromatic heterocycles. The van der Waals surface area contributed by atoms with Gasteiger partial charge in [0.15, 0.2) is 0 Å². The highest BCUT2D eigenvalue weighted by Gasteiger charge is 2.18. The van der Waals surface area contributed by atoms with Gasteiger partial charge in [0.1, 0.15) is 18.3 Å². The molecule has 0 atom stereocenters. The number of amides is 1. The number of phenolic OH excluding ortho intramolecular Hbond substituents is 1. The molecule has 0 fully saturated rings. The van der Waals surface area contributed by atoms with Crippen molar-refractivity contribution in [2.75, 3.05) is 37.2 Å². The van der Waals surface area contributed by atoms with Gasteiger partial charge in [-0.1, -0.05) is 43.1 Å². The molecule has 196 valence electrons. The fourth-order valence-electron chi connectivity index (χ4n) is 4.03. The van der Waals surface area contributed by atoms with Crippen LogP contribution in [0.25, 0.3) is 22.3 Å². The maximum Gasteiger partial charge on any atom is 0.218 e. The number of benzene rings is 3. The van der Waals surface area contributed by atoms with E-state index in [-0.39, 0.29) is 23.1 Å². The Morgan fingerprint density at radius 3 is 2.19 bits per heavy atom. The van der Waals surface area contributed by atoms with Gasteiger partial charge in [0.25, 0.3) is 0 Å². The van der Waals surface area contributed by atoms with E-state index >= 15 is 0 Å². The van der Waals surface area contributed by atoms with E-state index in [1.807, 2.05) is 44.1 Å². The van der Waals surface area contributed by atoms with Crippen molar-refractivity contribution in [3.8, 4) is 28.0 Å². The third-order valence-corrected chi connectivity index (χ3v) is 6.37. The molecule has 0 heterocycles. The topological polar surface area (TPSA) is 67.2 Å². The normalized spacial score (nSPS) is 11.1. The van der Waals surface area contributed by atoms with Crippen LogP contribution in [0.15, 0.2) is 60.9 Å². The molecule has 0 saturated carbocycles. The second-order valence-electron chi connectivity index (χ2n) is 9.05. The van der Waals surface area contributed by atoms with Gasteiger partial charge in [0.2, 0.25) is 6.41 Å². The molecule has 37 heavy (non-hydrogen) atoms. The second kappa shape index (κ2) is 12.6. The molecule has 0 aliphatic carbocycles. The number of nitrogens with zero attached hydrogens (tertiary/aromatic N) is 3. The minimum atomic E-state index is -0.515. The third-order valence-electron chi connectivity index (χ3n) is 6.06. The van der Waals surface area contributed by atoms with E-state index < -0.39 is 5.82 Å². The van der Waals surface area contributed by atoms with Gasteiger partial charge in [-0.15, -0.1) is 0 Å². The molecular weight excluding hydrogens is 493 g/mol. The first-order chi connectivity index (χ1) is 17.7. The average Bonchev–Trinajstić information content (AvgIpc) is 2.87. The molecule has 0 radical (unpaired) electrons. The van der Waals surface area contributed by atoms with Crippen molar-refractivity contribution in [3.63, 3.8) is 0 Å². The number of aryl methyl sites for hydroxylation is 1. The lowest BCUT2D eigenvalue weighted by molar-refractivity contribution is -0.106. The minimum Gasteiger partial charge on any atom is -0.507 e. The first kappa shape index (κ1) is 28.0. The van der Waals surface area contributed by atoms with E-state index in [0.717, 1.165) is 24.1 Å². The number of aliphatic hydroxyl groups is 1. The summed E-state index contributed by atoms with van der Waals surface area (Å²) in [6.45, 7) is 4.58. The van der Waals surface area contributed by atoms with Crippen LogP contribution in [0.5, 0.6) is 5.75 Å². The Bertz CT molecular complexity index is 1280. The maximum absolute atomic E-state index is 14.8. The van der Waals surface area contributed by atoms with Crippen LogP contribution in [0.2, 0.25) is 5.02 Å². The SMILES string of the molecule is CCCCN(CO)c1cc(-c2cc(F)cc(-c3ccc(N(C=O)/C=C\N(C)C)c(Cl)c3)c2O)ccc1C. The van der Waals surface area contributed by atoms with Crippen LogP contribution in [-0.4, -0.2) is 48.9 Å². The van der Waals surface area contributed by atoms with Crippen LogP contribution < -0.4 is 9.80 Å². The lowest BCUT2D eigenvalue weighted by atomic mass is 9.95. The first-order valence-electron chi connectivity index (χ1n) is 12.1. The van der Waals surface area contributed by atoms with Crippen LogP contribution >= 0.6 is 11.6 Å². The predicted molar refractivity (Wildman–Crippen MR) is 149 cm³/mol. The maximum atomic E-state index is 14.8. The van der Waals surface area contributed by atoms with Crippen LogP contribution in [0.4, 0.5) is 15.8 Å². The Morgan fingerprint density at radius 2 is 1.62 bits per heavy atom. The second-order valence-corrected chi connectivity index (χ2v) is 9.46. The largest absolute Gasteiger partial charge is 0.507 e. The number of rotatable bonds is 11. The number of phenols is 1. The molecule has 0 aliphatic rings. The number of aliphatic hydroxyl groups excluding tert-OH is 1. The number of hydrogen-bond acceptors (Lipinski definition) is 5. The summed E-state index contributed by atoms with van der Waals surface area (Å²) in [7, 11) is 3.66. The molecule has 1 amide bonds. The van der Waals surface area contributed by atoms with Crippen LogP contribution in [-0.2, 0) is 4.79 Å². The molecular formula is C29H33ClFN3O3. The summed E-state index contributed by atoms with van der Waals surface area (Å²) in [6, 6.07) is 13.0. The van der Waals surface area contributed by atoms with E-state index in [9.17, 15) is 19.4 Å². The van der Waals surface area contributed by atoms with Crippen molar-refractivity contribution < 1.29 is 19.4 Å². The van der Waals surface area contributed by atoms with Crippen molar-refractivity contribution in [1.29, 1.82) is 0 Å². The number of carbonyl (C=O) groups excluding carboxylic acids is 1. The summed E-state index contributed by atoms with van der Waals surface area (Å²) in [4.78, 5) is 16.6. The molecule has 0 aliphatic heterocycles. The summed E-state index contributed by atoms with van der Waals surface area (Å²) < 4.78 is 14.8. The average molecular weight is 526 g/mol. The molecule has 0 saturated heterocycles. The van der Waals surface area contributed by atoms with E-state index in [1.165, 1.54) is 17.0 Å². The third kappa shape index (κ3) is 6.61. The van der Waals surface area contributed by atoms with Crippen LogP contribution in [0.1, 0.15) is 25.3 Å². The van der Waals surface area contributed by atoms with Gasteiger partial charge in [-0.2, -0.15) is 0 Å². The van der Waals surface area contributed by atoms with Crippen molar-refractivity contribution in [1.82, 2.24) is 4.90 Å². The molecule has 3 rings (SSSR count). The molecule has 0 unspecified atom stereocenters. The highest BCUT2D eigenvalue weighted by molar-refractivity contribution is 6.34. The number of unbranched alkanes of at least 4 members (excludes halogenated alkanes) is 1. The predicted octanol–water partition coefficient (Wildman–Crippen LogP) is 6.38. The summed E-state index contributed by atoms with van der Waals surface area (Å²) in [5, 5.41) is 21.4. The number of aromatic hydroxyl groups is 1. The van der Waals surface area contributed by atoms with Crippen LogP contribution in [0.3, 0.4) is 0 Å². The van der Waals surface area contributed by atoms with E-state index in [1.54, 1.807) is 35.5 Å². The lowest BCUT2D eigenvalue weighted by Crippen LogP contribution is -2.26. The van der Waals surface area contributed by atoms with Crippen molar-refractivity contribution in [2.24, 2.45) is 0 Å². The van der Waals surface area contributed by atoms with E-state index in [0.29, 0.717) is 35.3 Å². The lowest BCUT2D eigenvalue weighted by Gasteiger charge is -2.25. The number of carbonyl (C=O) groups is 1. The van der Waals surface area contributed by atoms with Gasteiger partial charge >= 0.3 is 0 Å². The van der Waals surface area contributed by atoms with Crippen molar-refractivity contribution >= 4 is 29.4 Å². The standard InChI is InChI=1S/C29H33ClFN3O3/c1-5-6-11-33(18-35)28-15-22(8-7-20(28)2)25-17-23(31)16-24(29(25)37)21-9-10-27(26(30)14-21)34(19-36)13-12-32(3)4/h7-10,12-17,19,35,37H,5-6,11,18H2,1-4H3/b13-12-. The molecule has 8 heteroatoms. The summed E-state index contributed by atoms with van der Waals surface area (Å²) in [5.74, 6) is -0.609. The fourth-order valence-corrected chi connectivity index (χ4v) is 4.31. The first-order valence-corrected chi connectivity index (χ1v) is 12.5. The molecule has 3 aromatic carbocycles. The van der Waals surface area contributed by atoms with Gasteiger partial charge in [-0.25, -0.2) is 4.39 Å². The summed E-state index contributed by atoms with van der Waals surface area (Å²) >= 11 is 6.50. The van der Waals surface area contributed by atoms with E-state index in [2.05, 4.69) is 6.92 Å². The zero-order valence-corrected chi connectivity index (χ0v) is 22.3. The Labute approximate surface area is 222 Å². The Kier molecular flexibility index (Phi) is 9.55. The summed E-state index contributed by atoms with van der Waals surface area (Å²) in [6.07, 6.45) is 5.84. The van der Waals surface area contributed by atoms with Gasteiger partial charge in [0, 0.05) is 49.9 Å². The molecule has 6 nitrogen and oxygen atoms in total. The van der Waals surface area contributed by atoms with Crippen molar-refractivity contribution in [2.45, 2.75) is 26.7 Å². The molecule has 0 spiro atoms. The van der Waals surface area contributed by atoms with Crippen LogP contribution in [0, 0.1) is 12.7 Å². The Hall–Kier alpha value is -3.55. The van der Waals surface area contributed by atoms with Gasteiger partial charge in [-0.3, -0.25) is 9.69 Å². The van der Waals surface area contributed by atoms with Gasteiger partial charge in [0.05, 0.1) is 10.7 Å². The summed E-state index contributed by atoms with van der Waals surface area (Å²) in [5.41, 5.74) is 3.97. The van der Waals surface area contributed by atoms with E-state index in [4.69, 9.17) is 11.6 Å². The van der Waals surface area contributed by atoms with Crippen molar-refractivity contribution in [3.05, 3.63) is 77.3 Å². The number of halogens is 2. The fraction of sp³-hybridized carbons (Fsp3) is 0.276. The quantitative estimate of drug-likeness (QED) is 0.224. The number of hydrogen-bond donors (Lipinski definition) is 2. The highest BCUT2D eigenvalue weighted by Crippen LogP contribution is 2.42. The minimum absolute atomic E-state index is 0.0936. The number of anilines is 2. The molecule has 0 bridgehead atoms. The van der Waals surface area contributed by atoms with Gasteiger partial charge in [-0.05, 0) is 60.4 Å². The molecule has 2 N–H and O–H groups in total. The zero-order valence-electron chi connectivity index (χ0n) is 21.6. The Morgan fingerprint density at radius 1 is 0.973 bits per heavy atom. The highest BCUT2D eigenvalue weighted by atomic mass is 35.5. The van der Waals surface area contributed by atoms with Gasteiger partial charge < -0.3 is 20.0 Å². The monoisotopic (exact) mass is 525 g/mol. The smallest absolute Gasteiger partial charge is 0.218 e. The molecule has 3 aromatic rings. The zero-order chi connectivity index (χ0) is 27.1. The Balaban J connectivity index is 2.05.